The van der Waals surface area contributed by atoms with Gasteiger partial charge in [-0.1, -0.05) is 11.3 Å². The van der Waals surface area contributed by atoms with Crippen LogP contribution in [0.3, 0.4) is 0 Å². The summed E-state index contributed by atoms with van der Waals surface area (Å²) in [7, 11) is 1.89. The number of hydrogen-bond acceptors (Lipinski definition) is 4. The molecule has 0 bridgehead atoms. The van der Waals surface area contributed by atoms with Gasteiger partial charge >= 0.3 is 0 Å². The first kappa shape index (κ1) is 10.7. The molecule has 1 aromatic heterocycles. The van der Waals surface area contributed by atoms with E-state index >= 15 is 0 Å². The normalized spacial score (nSPS) is 12.0. The lowest BCUT2D eigenvalue weighted by atomic mass is 10.3. The van der Waals surface area contributed by atoms with Crippen LogP contribution in [0.4, 0.5) is 5.69 Å². The third-order valence-electron chi connectivity index (χ3n) is 2.24. The zero-order valence-corrected chi connectivity index (χ0v) is 9.84. The Bertz CT molecular complexity index is 611. The smallest absolute Gasteiger partial charge is 0.221 e. The van der Waals surface area contributed by atoms with Crippen molar-refractivity contribution in [1.29, 1.82) is 0 Å². The van der Waals surface area contributed by atoms with Crippen molar-refractivity contribution in [3.05, 3.63) is 23.0 Å². The molecule has 0 saturated heterocycles. The first-order valence-electron chi connectivity index (χ1n) is 4.73. The van der Waals surface area contributed by atoms with Gasteiger partial charge in [0, 0.05) is 19.7 Å². The summed E-state index contributed by atoms with van der Waals surface area (Å²) in [5, 5.41) is 6.43. The molecule has 1 aromatic carbocycles. The Labute approximate surface area is 96.2 Å². The summed E-state index contributed by atoms with van der Waals surface area (Å²) in [5.41, 5.74) is 1.78. The number of fused-ring (bicyclic) bond motifs is 1. The molecule has 0 atom stereocenters. The molecule has 3 N–H and O–H groups in total. The summed E-state index contributed by atoms with van der Waals surface area (Å²) in [5.74, 6) is 5.20. The minimum Gasteiger partial charge on any atom is -0.326 e. The van der Waals surface area contributed by atoms with Crippen molar-refractivity contribution in [2.45, 2.75) is 6.92 Å². The number of hydrogen-bond donors (Lipinski definition) is 2. The van der Waals surface area contributed by atoms with Crippen LogP contribution in [0.1, 0.15) is 6.92 Å². The summed E-state index contributed by atoms with van der Waals surface area (Å²) in [6, 6.07) is 5.71. The predicted molar refractivity (Wildman–Crippen MR) is 64.9 cm³/mol. The Balaban J connectivity index is 2.61. The number of nitrogens with zero attached hydrogens (tertiary/aromatic N) is 2. The van der Waals surface area contributed by atoms with Crippen LogP contribution in [0.15, 0.2) is 23.3 Å². The van der Waals surface area contributed by atoms with Crippen molar-refractivity contribution in [2.24, 2.45) is 18.0 Å². The van der Waals surface area contributed by atoms with Gasteiger partial charge in [0.25, 0.3) is 0 Å². The van der Waals surface area contributed by atoms with Crippen LogP contribution in [0.5, 0.6) is 0 Å². The molecule has 16 heavy (non-hydrogen) atoms. The molecule has 0 aliphatic heterocycles. The predicted octanol–water partition coefficient (Wildman–Crippen LogP) is 0.973. The van der Waals surface area contributed by atoms with Gasteiger partial charge in [-0.3, -0.25) is 4.79 Å². The van der Waals surface area contributed by atoms with Gasteiger partial charge in [-0.15, -0.1) is 0 Å². The second kappa shape index (κ2) is 3.97. The highest BCUT2D eigenvalue weighted by Crippen LogP contribution is 2.20. The summed E-state index contributed by atoms with van der Waals surface area (Å²) < 4.78 is 2.98. The third-order valence-corrected chi connectivity index (χ3v) is 3.37. The molecule has 2 aromatic rings. The van der Waals surface area contributed by atoms with E-state index in [0.717, 1.165) is 20.7 Å². The SMILES string of the molecule is CC(=O)Nc1ccc2s/c(=N\N)n(C)c2c1. The molecular weight excluding hydrogens is 224 g/mol. The number of carbonyl (C=O) groups is 1. The zero-order chi connectivity index (χ0) is 11.7. The average Bonchev–Trinajstić information content (AvgIpc) is 2.55. The largest absolute Gasteiger partial charge is 0.326 e. The van der Waals surface area contributed by atoms with E-state index in [1.54, 1.807) is 0 Å². The lowest BCUT2D eigenvalue weighted by molar-refractivity contribution is -0.114. The monoisotopic (exact) mass is 236 g/mol. The van der Waals surface area contributed by atoms with E-state index in [2.05, 4.69) is 10.4 Å². The number of benzene rings is 1. The number of nitrogens with two attached hydrogens (primary N) is 1. The quantitative estimate of drug-likeness (QED) is 0.572. The summed E-state index contributed by atoms with van der Waals surface area (Å²) in [6.07, 6.45) is 0. The maximum Gasteiger partial charge on any atom is 0.221 e. The Morgan fingerprint density at radius 3 is 2.94 bits per heavy atom. The van der Waals surface area contributed by atoms with Gasteiger partial charge in [0.05, 0.1) is 10.2 Å². The molecule has 0 spiro atoms. The van der Waals surface area contributed by atoms with E-state index in [0.29, 0.717) is 0 Å². The van der Waals surface area contributed by atoms with Gasteiger partial charge < -0.3 is 15.7 Å². The topological polar surface area (TPSA) is 72.4 Å². The van der Waals surface area contributed by atoms with E-state index in [1.165, 1.54) is 18.3 Å². The number of thiazole rings is 1. The van der Waals surface area contributed by atoms with E-state index in [-0.39, 0.29) is 5.91 Å². The average molecular weight is 236 g/mol. The maximum atomic E-state index is 10.9. The van der Waals surface area contributed by atoms with Crippen molar-refractivity contribution in [3.8, 4) is 0 Å². The Morgan fingerprint density at radius 2 is 2.31 bits per heavy atom. The molecule has 0 radical (unpaired) electrons. The number of carbonyl (C=O) groups excluding carboxylic acids is 1. The number of anilines is 1. The van der Waals surface area contributed by atoms with Crippen molar-refractivity contribution in [3.63, 3.8) is 0 Å². The Kier molecular flexibility index (Phi) is 2.66. The minimum atomic E-state index is -0.0824. The van der Waals surface area contributed by atoms with Crippen LogP contribution >= 0.6 is 11.3 Å². The van der Waals surface area contributed by atoms with Crippen LogP contribution < -0.4 is 16.0 Å². The number of rotatable bonds is 1. The van der Waals surface area contributed by atoms with Gasteiger partial charge in [0.2, 0.25) is 10.7 Å². The lowest BCUT2D eigenvalue weighted by Gasteiger charge is -2.02. The molecule has 1 heterocycles. The fraction of sp³-hybridized carbons (Fsp3) is 0.200. The molecule has 0 aliphatic rings. The molecule has 6 heteroatoms. The highest BCUT2D eigenvalue weighted by molar-refractivity contribution is 7.16. The van der Waals surface area contributed by atoms with Crippen molar-refractivity contribution < 1.29 is 4.79 Å². The van der Waals surface area contributed by atoms with Crippen LogP contribution in [0, 0.1) is 0 Å². The number of aromatic nitrogens is 1. The van der Waals surface area contributed by atoms with Crippen LogP contribution in [-0.4, -0.2) is 10.5 Å². The van der Waals surface area contributed by atoms with E-state index in [4.69, 9.17) is 5.84 Å². The first-order chi connectivity index (χ1) is 7.61. The van der Waals surface area contributed by atoms with Gasteiger partial charge in [0.1, 0.15) is 0 Å². The van der Waals surface area contributed by atoms with Crippen molar-refractivity contribution in [1.82, 2.24) is 4.57 Å². The van der Waals surface area contributed by atoms with Gasteiger partial charge in [-0.2, -0.15) is 5.10 Å². The zero-order valence-electron chi connectivity index (χ0n) is 9.02. The Morgan fingerprint density at radius 1 is 1.56 bits per heavy atom. The fourth-order valence-corrected chi connectivity index (χ4v) is 2.45. The standard InChI is InChI=1S/C10H12N4OS/c1-6(15)12-7-3-4-9-8(5-7)14(2)10(13-11)16-9/h3-5H,11H2,1-2H3,(H,12,15)/b13-10-. The first-order valence-corrected chi connectivity index (χ1v) is 5.54. The molecule has 0 saturated carbocycles. The molecule has 2 rings (SSSR count). The molecule has 84 valence electrons. The van der Waals surface area contributed by atoms with Crippen LogP contribution in [0.2, 0.25) is 0 Å². The van der Waals surface area contributed by atoms with Crippen molar-refractivity contribution in [2.75, 3.05) is 5.32 Å². The highest BCUT2D eigenvalue weighted by Gasteiger charge is 2.04. The van der Waals surface area contributed by atoms with Gasteiger partial charge in [-0.05, 0) is 18.2 Å². The number of amides is 1. The molecular formula is C10H12N4OS. The Hall–Kier alpha value is -1.82. The third kappa shape index (κ3) is 1.79. The maximum absolute atomic E-state index is 10.9. The summed E-state index contributed by atoms with van der Waals surface area (Å²) >= 11 is 1.51. The second-order valence-corrected chi connectivity index (χ2v) is 4.45. The molecule has 0 fully saturated rings. The van der Waals surface area contributed by atoms with Gasteiger partial charge in [0.15, 0.2) is 0 Å². The second-order valence-electron chi connectivity index (χ2n) is 3.44. The summed E-state index contributed by atoms with van der Waals surface area (Å²) in [4.78, 5) is 11.7. The molecule has 0 aliphatic carbocycles. The van der Waals surface area contributed by atoms with Crippen molar-refractivity contribution >= 4 is 33.1 Å². The van der Waals surface area contributed by atoms with Gasteiger partial charge in [-0.25, -0.2) is 0 Å². The number of aryl methyl sites for hydroxylation is 1. The molecule has 5 nitrogen and oxygen atoms in total. The molecule has 1 amide bonds. The van der Waals surface area contributed by atoms with Crippen LogP contribution in [-0.2, 0) is 11.8 Å². The van der Waals surface area contributed by atoms with Crippen LogP contribution in [0.25, 0.3) is 10.2 Å². The van der Waals surface area contributed by atoms with E-state index in [1.807, 2.05) is 29.8 Å². The minimum absolute atomic E-state index is 0.0824. The van der Waals surface area contributed by atoms with E-state index in [9.17, 15) is 4.79 Å². The van der Waals surface area contributed by atoms with E-state index < -0.39 is 0 Å². The highest BCUT2D eigenvalue weighted by atomic mass is 32.1. The fourth-order valence-electron chi connectivity index (χ4n) is 1.53. The molecule has 0 unspecified atom stereocenters. The number of nitrogens with one attached hydrogen (secondary N) is 1. The lowest BCUT2D eigenvalue weighted by Crippen LogP contribution is -2.12. The summed E-state index contributed by atoms with van der Waals surface area (Å²) in [6.45, 7) is 1.48.